The minimum atomic E-state index is 0.360. The first kappa shape index (κ1) is 79.5. The van der Waals surface area contributed by atoms with Crippen molar-refractivity contribution in [2.75, 3.05) is 103 Å². The molecule has 0 atom stereocenters. The van der Waals surface area contributed by atoms with Crippen LogP contribution in [0, 0.1) is 0 Å². The molecular formula is C76H111N7O6S. The molecule has 7 N–H and O–H groups in total. The maximum atomic E-state index is 5.30. The Bertz CT molecular complexity index is 2380. The van der Waals surface area contributed by atoms with E-state index in [-0.39, 0.29) is 0 Å². The molecule has 492 valence electrons. The number of anilines is 7. The number of ether oxygens (including phenoxy) is 6. The van der Waals surface area contributed by atoms with Gasteiger partial charge in [0.1, 0.15) is 24.7 Å². The molecule has 0 aromatic heterocycles. The minimum absolute atomic E-state index is 0.360. The van der Waals surface area contributed by atoms with E-state index < -0.39 is 0 Å². The number of thioether (sulfide) groups is 1. The van der Waals surface area contributed by atoms with Gasteiger partial charge in [-0.25, -0.2) is 0 Å². The lowest BCUT2D eigenvalue weighted by Gasteiger charge is -2.18. The maximum Gasteiger partial charge on any atom is 0.231 e. The van der Waals surface area contributed by atoms with Crippen LogP contribution >= 0.6 is 11.8 Å². The fraction of sp³-hybridized carbons (Fsp3) is 0.368. The molecule has 0 bridgehead atoms. The van der Waals surface area contributed by atoms with Gasteiger partial charge in [-0.15, -0.1) is 11.8 Å². The standard InChI is InChI=1S/C8H10N2.C8H9N.C8H8O2.C8H8O.C7H8N2.C7H7NO.C7H7NS.C7H6O2.8C2H6/c1-2-4-8-7(3-1)9-5-6-10-8;1-2-4-8-7(3-1)5-6-9-8;1-2-4-8-7(3-1)9-5-6-10-8;1-2-4-8-7(3-1)5-6-9-8;4*1-2-4-7-6(3-1)8-5-9-7;8*1-2/h1-4,9-10H,5-6H2;1-4,9H,5-6H2;1-4H,5-6H2;1-4H,5-6H2;1-4,8-9H,5H2;2*1-4,8H,5H2;1-4H,5H2;8*1-2H3. The Kier molecular flexibility index (Phi) is 47.3. The van der Waals surface area contributed by atoms with Gasteiger partial charge in [0, 0.05) is 42.3 Å². The summed E-state index contributed by atoms with van der Waals surface area (Å²) in [7, 11) is 0. The van der Waals surface area contributed by atoms with Crippen LogP contribution in [0.2, 0.25) is 0 Å². The number of hydrogen-bond donors (Lipinski definition) is 7. The summed E-state index contributed by atoms with van der Waals surface area (Å²) < 4.78 is 31.2. The van der Waals surface area contributed by atoms with Crippen LogP contribution in [-0.4, -0.2) is 65.5 Å². The van der Waals surface area contributed by atoms with Crippen LogP contribution in [0.5, 0.6) is 34.5 Å². The topological polar surface area (TPSA) is 140 Å². The quantitative estimate of drug-likeness (QED) is 0.0775. The lowest BCUT2D eigenvalue weighted by Crippen LogP contribution is -2.19. The molecule has 90 heavy (non-hydrogen) atoms. The first-order valence-corrected chi connectivity index (χ1v) is 34.0. The van der Waals surface area contributed by atoms with Gasteiger partial charge in [0.25, 0.3) is 0 Å². The smallest absolute Gasteiger partial charge is 0.231 e. The summed E-state index contributed by atoms with van der Waals surface area (Å²) >= 11 is 1.86. The van der Waals surface area contributed by atoms with Crippen LogP contribution in [-0.2, 0) is 12.8 Å². The third kappa shape index (κ3) is 29.2. The van der Waals surface area contributed by atoms with E-state index in [1.807, 2.05) is 238 Å². The van der Waals surface area contributed by atoms with Crippen molar-refractivity contribution in [2.24, 2.45) is 0 Å². The molecule has 8 aliphatic rings. The first-order valence-electron chi connectivity index (χ1n) is 33.0. The van der Waals surface area contributed by atoms with Crippen LogP contribution in [0.3, 0.4) is 0 Å². The molecule has 0 saturated heterocycles. The number of rotatable bonds is 0. The van der Waals surface area contributed by atoms with Crippen molar-refractivity contribution in [1.29, 1.82) is 0 Å². The number of fused-ring (bicyclic) bond motifs is 8. The lowest BCUT2D eigenvalue weighted by atomic mass is 10.2. The second-order valence-electron chi connectivity index (χ2n) is 16.9. The second kappa shape index (κ2) is 53.5. The van der Waals surface area contributed by atoms with Gasteiger partial charge in [-0.1, -0.05) is 220 Å². The highest BCUT2D eigenvalue weighted by molar-refractivity contribution is 7.99. The van der Waals surface area contributed by atoms with Crippen molar-refractivity contribution >= 4 is 51.6 Å². The molecule has 8 heterocycles. The molecule has 0 radical (unpaired) electrons. The molecule has 13 nitrogen and oxygen atoms in total. The molecule has 0 amide bonds. The van der Waals surface area contributed by atoms with E-state index in [1.54, 1.807) is 0 Å². The zero-order valence-electron chi connectivity index (χ0n) is 57.3. The normalized spacial score (nSPS) is 12.4. The van der Waals surface area contributed by atoms with Crippen LogP contribution in [0.25, 0.3) is 0 Å². The van der Waals surface area contributed by atoms with E-state index in [0.29, 0.717) is 26.7 Å². The Balaban J connectivity index is 0.000000498. The zero-order chi connectivity index (χ0) is 66.2. The molecular weight excluding hydrogens is 1140 g/mol. The van der Waals surface area contributed by atoms with Crippen LogP contribution in [0.15, 0.2) is 199 Å². The van der Waals surface area contributed by atoms with E-state index in [0.717, 1.165) is 85.4 Å². The highest BCUT2D eigenvalue weighted by atomic mass is 32.2. The summed E-state index contributed by atoms with van der Waals surface area (Å²) in [5, 5.41) is 22.6. The summed E-state index contributed by atoms with van der Waals surface area (Å²) in [6.07, 6.45) is 2.27. The second-order valence-corrected chi connectivity index (χ2v) is 18.0. The lowest BCUT2D eigenvalue weighted by molar-refractivity contribution is 0.171. The Hall–Kier alpha value is -8.49. The van der Waals surface area contributed by atoms with Crippen molar-refractivity contribution < 1.29 is 28.4 Å². The Morgan fingerprint density at radius 3 is 1.10 bits per heavy atom. The Morgan fingerprint density at radius 1 is 0.267 bits per heavy atom. The van der Waals surface area contributed by atoms with Crippen molar-refractivity contribution in [3.05, 3.63) is 205 Å². The molecule has 0 aliphatic carbocycles. The van der Waals surface area contributed by atoms with Gasteiger partial charge in [0.15, 0.2) is 29.7 Å². The highest BCUT2D eigenvalue weighted by Crippen LogP contribution is 2.33. The molecule has 8 aromatic rings. The van der Waals surface area contributed by atoms with Crippen LogP contribution in [0.4, 0.5) is 39.8 Å². The van der Waals surface area contributed by atoms with Gasteiger partial charge >= 0.3 is 0 Å². The SMILES string of the molecule is CC.CC.CC.CC.CC.CC.CC.CC.c1ccc2c(c1)CCN2.c1ccc2c(c1)CCO2.c1ccc2c(c1)NCCN2.c1ccc2c(c1)NCN2.c1ccc2c(c1)NCO2.c1ccc2c(c1)NCS2.c1ccc2c(c1)OCCO2.c1ccc2c(c1)OCO2. The Morgan fingerprint density at radius 2 is 0.633 bits per heavy atom. The maximum absolute atomic E-state index is 5.30. The molecule has 0 saturated carbocycles. The van der Waals surface area contributed by atoms with Crippen molar-refractivity contribution in [3.8, 4) is 34.5 Å². The molecule has 14 heteroatoms. The molecule has 8 aromatic carbocycles. The Labute approximate surface area is 548 Å². The van der Waals surface area contributed by atoms with Gasteiger partial charge in [-0.3, -0.25) is 0 Å². The summed E-state index contributed by atoms with van der Waals surface area (Å²) in [5.41, 5.74) is 11.3. The summed E-state index contributed by atoms with van der Waals surface area (Å²) in [5.74, 6) is 6.45. The number of benzene rings is 8. The summed E-state index contributed by atoms with van der Waals surface area (Å²) in [6, 6.07) is 64.7. The third-order valence-electron chi connectivity index (χ3n) is 12.0. The molecule has 0 unspecified atom stereocenters. The monoisotopic (exact) mass is 1250 g/mol. The van der Waals surface area contributed by atoms with Gasteiger partial charge in [-0.2, -0.15) is 0 Å². The van der Waals surface area contributed by atoms with E-state index >= 15 is 0 Å². The predicted octanol–water partition coefficient (Wildman–Crippen LogP) is 21.0. The van der Waals surface area contributed by atoms with Crippen LogP contribution < -0.4 is 65.6 Å². The van der Waals surface area contributed by atoms with Gasteiger partial charge in [0.2, 0.25) is 6.79 Å². The van der Waals surface area contributed by atoms with Crippen molar-refractivity contribution in [3.63, 3.8) is 0 Å². The minimum Gasteiger partial charge on any atom is -0.493 e. The zero-order valence-corrected chi connectivity index (χ0v) is 58.1. The van der Waals surface area contributed by atoms with Gasteiger partial charge < -0.3 is 65.6 Å². The summed E-state index contributed by atoms with van der Waals surface area (Å²) in [6.45, 7) is 39.2. The number of nitrogens with one attached hydrogen (secondary N) is 7. The summed E-state index contributed by atoms with van der Waals surface area (Å²) in [4.78, 5) is 1.37. The fourth-order valence-corrected chi connectivity index (χ4v) is 9.13. The molecule has 16 rings (SSSR count). The largest absolute Gasteiger partial charge is 0.493 e. The van der Waals surface area contributed by atoms with E-state index in [1.165, 1.54) is 56.6 Å². The van der Waals surface area contributed by atoms with Crippen molar-refractivity contribution in [1.82, 2.24) is 0 Å². The van der Waals surface area contributed by atoms with Crippen LogP contribution in [0.1, 0.15) is 122 Å². The van der Waals surface area contributed by atoms with Crippen molar-refractivity contribution in [2.45, 2.75) is 129 Å². The number of para-hydroxylation sites is 13. The average Bonchev–Trinajstić information content (AvgIpc) is 4.65. The molecule has 0 fully saturated rings. The van der Waals surface area contributed by atoms with Gasteiger partial charge in [0.05, 0.1) is 47.6 Å². The first-order chi connectivity index (χ1) is 44.7. The highest BCUT2D eigenvalue weighted by Gasteiger charge is 2.12. The predicted molar refractivity (Wildman–Crippen MR) is 393 cm³/mol. The fourth-order valence-electron chi connectivity index (χ4n) is 8.27. The molecule has 0 spiro atoms. The van der Waals surface area contributed by atoms with E-state index in [4.69, 9.17) is 28.4 Å². The molecule has 8 aliphatic heterocycles. The van der Waals surface area contributed by atoms with Gasteiger partial charge in [-0.05, 0) is 102 Å². The van der Waals surface area contributed by atoms with E-state index in [2.05, 4.69) is 116 Å². The van der Waals surface area contributed by atoms with E-state index in [9.17, 15) is 0 Å². The number of hydrogen-bond acceptors (Lipinski definition) is 14. The average molecular weight is 1250 g/mol. The third-order valence-corrected chi connectivity index (χ3v) is 12.9.